The number of likely N-dealkylation sites (N-methyl/N-ethyl adjacent to an activating group) is 1. The van der Waals surface area contributed by atoms with Crippen LogP contribution in [-0.4, -0.2) is 56.7 Å². The number of nitrogens with zero attached hydrogens (tertiary/aromatic N) is 2. The van der Waals surface area contributed by atoms with Gasteiger partial charge in [-0.3, -0.25) is 4.79 Å². The van der Waals surface area contributed by atoms with Gasteiger partial charge in [-0.2, -0.15) is 0 Å². The van der Waals surface area contributed by atoms with Crippen LogP contribution in [0.25, 0.3) is 0 Å². The predicted octanol–water partition coefficient (Wildman–Crippen LogP) is 4.92. The summed E-state index contributed by atoms with van der Waals surface area (Å²) in [5, 5.41) is 3.63. The topological polar surface area (TPSA) is 54.0 Å². The lowest BCUT2D eigenvalue weighted by molar-refractivity contribution is 0.102. The molecule has 2 aromatic rings. The van der Waals surface area contributed by atoms with E-state index < -0.39 is 0 Å². The van der Waals surface area contributed by atoms with E-state index in [1.54, 1.807) is 18.2 Å². The zero-order chi connectivity index (χ0) is 22.2. The number of nitrogens with one attached hydrogen (secondary N) is 1. The second kappa shape index (κ2) is 11.3. The van der Waals surface area contributed by atoms with E-state index >= 15 is 0 Å². The molecule has 7 heteroatoms. The van der Waals surface area contributed by atoms with Crippen LogP contribution in [0.5, 0.6) is 11.5 Å². The fraction of sp³-hybridized carbons (Fsp3) is 0.458. The van der Waals surface area contributed by atoms with E-state index in [-0.39, 0.29) is 5.91 Å². The van der Waals surface area contributed by atoms with Gasteiger partial charge >= 0.3 is 0 Å². The van der Waals surface area contributed by atoms with Gasteiger partial charge in [-0.1, -0.05) is 25.4 Å². The van der Waals surface area contributed by atoms with Crippen molar-refractivity contribution in [2.45, 2.75) is 27.2 Å². The molecule has 0 spiro atoms. The van der Waals surface area contributed by atoms with Gasteiger partial charge in [0, 0.05) is 36.8 Å². The van der Waals surface area contributed by atoms with Crippen LogP contribution < -0.4 is 19.7 Å². The lowest BCUT2D eigenvalue weighted by Gasteiger charge is -2.36. The number of rotatable bonds is 9. The molecule has 31 heavy (non-hydrogen) atoms. The number of carbonyl (C=O) groups excluding carboxylic acids is 1. The first kappa shape index (κ1) is 23.2. The Labute approximate surface area is 190 Å². The van der Waals surface area contributed by atoms with Crippen LogP contribution in [0.2, 0.25) is 5.02 Å². The summed E-state index contributed by atoms with van der Waals surface area (Å²) < 4.78 is 11.4. The van der Waals surface area contributed by atoms with E-state index in [1.807, 2.05) is 32.0 Å². The van der Waals surface area contributed by atoms with Gasteiger partial charge in [-0.15, -0.1) is 0 Å². The standard InChI is InChI=1S/C24H32ClN3O3/c1-4-15-31-22-10-7-18(16-23(22)30-6-3)24(29)26-20-17-19(25)8-9-21(20)28-13-11-27(5-2)12-14-28/h7-10,16-17H,4-6,11-15H2,1-3H3,(H,26,29). The molecule has 1 heterocycles. The number of hydrogen-bond acceptors (Lipinski definition) is 5. The van der Waals surface area contributed by atoms with Crippen LogP contribution in [0, 0.1) is 0 Å². The average Bonchev–Trinajstić information content (AvgIpc) is 2.78. The zero-order valence-electron chi connectivity index (χ0n) is 18.6. The molecule has 0 saturated carbocycles. The van der Waals surface area contributed by atoms with Gasteiger partial charge in [0.15, 0.2) is 11.5 Å². The van der Waals surface area contributed by atoms with Gasteiger partial charge < -0.3 is 24.6 Å². The molecule has 1 N–H and O–H groups in total. The summed E-state index contributed by atoms with van der Waals surface area (Å²) in [6, 6.07) is 10.9. The van der Waals surface area contributed by atoms with Crippen molar-refractivity contribution in [1.29, 1.82) is 0 Å². The van der Waals surface area contributed by atoms with Gasteiger partial charge in [0.25, 0.3) is 5.91 Å². The normalized spacial score (nSPS) is 14.4. The lowest BCUT2D eigenvalue weighted by atomic mass is 10.1. The molecule has 3 rings (SSSR count). The smallest absolute Gasteiger partial charge is 0.255 e. The summed E-state index contributed by atoms with van der Waals surface area (Å²) in [4.78, 5) is 17.8. The number of piperazine rings is 1. The van der Waals surface area contributed by atoms with Crippen molar-refractivity contribution >= 4 is 28.9 Å². The van der Waals surface area contributed by atoms with Gasteiger partial charge in [0.05, 0.1) is 24.6 Å². The highest BCUT2D eigenvalue weighted by atomic mass is 35.5. The van der Waals surface area contributed by atoms with Crippen LogP contribution in [0.1, 0.15) is 37.6 Å². The van der Waals surface area contributed by atoms with Crippen LogP contribution in [0.4, 0.5) is 11.4 Å². The molecule has 1 saturated heterocycles. The molecule has 0 aromatic heterocycles. The Morgan fingerprint density at radius 2 is 1.77 bits per heavy atom. The Hall–Kier alpha value is -2.44. The average molecular weight is 446 g/mol. The molecule has 1 aliphatic heterocycles. The van der Waals surface area contributed by atoms with E-state index in [9.17, 15) is 4.79 Å². The van der Waals surface area contributed by atoms with Crippen molar-refractivity contribution in [2.75, 3.05) is 56.2 Å². The third-order valence-corrected chi connectivity index (χ3v) is 5.57. The molecule has 0 atom stereocenters. The highest BCUT2D eigenvalue weighted by molar-refractivity contribution is 6.31. The second-order valence-corrected chi connectivity index (χ2v) is 7.92. The molecule has 168 valence electrons. The number of carbonyl (C=O) groups is 1. The van der Waals surface area contributed by atoms with E-state index in [0.29, 0.717) is 41.0 Å². The first-order valence-electron chi connectivity index (χ1n) is 11.0. The summed E-state index contributed by atoms with van der Waals surface area (Å²) in [6.45, 7) is 12.1. The molecule has 0 radical (unpaired) electrons. The van der Waals surface area contributed by atoms with E-state index in [0.717, 1.165) is 44.8 Å². The Morgan fingerprint density at radius 3 is 2.45 bits per heavy atom. The number of hydrogen-bond donors (Lipinski definition) is 1. The van der Waals surface area contributed by atoms with E-state index in [1.165, 1.54) is 0 Å². The Morgan fingerprint density at radius 1 is 1.00 bits per heavy atom. The van der Waals surface area contributed by atoms with Crippen molar-refractivity contribution in [2.24, 2.45) is 0 Å². The minimum absolute atomic E-state index is 0.210. The molecule has 1 amide bonds. The first-order valence-corrected chi connectivity index (χ1v) is 11.4. The van der Waals surface area contributed by atoms with Crippen LogP contribution in [-0.2, 0) is 0 Å². The maximum absolute atomic E-state index is 13.1. The van der Waals surface area contributed by atoms with Crippen molar-refractivity contribution in [3.63, 3.8) is 0 Å². The summed E-state index contributed by atoms with van der Waals surface area (Å²) in [5.74, 6) is 1.02. The number of amides is 1. The highest BCUT2D eigenvalue weighted by Crippen LogP contribution is 2.32. The van der Waals surface area contributed by atoms with Crippen LogP contribution in [0.15, 0.2) is 36.4 Å². The van der Waals surface area contributed by atoms with E-state index in [2.05, 4.69) is 22.0 Å². The molecule has 0 bridgehead atoms. The third kappa shape index (κ3) is 6.05. The molecule has 2 aromatic carbocycles. The number of ether oxygens (including phenoxy) is 2. The fourth-order valence-corrected chi connectivity index (χ4v) is 3.80. The van der Waals surface area contributed by atoms with Gasteiger partial charge in [-0.25, -0.2) is 0 Å². The largest absolute Gasteiger partial charge is 0.490 e. The number of halogens is 1. The van der Waals surface area contributed by atoms with E-state index in [4.69, 9.17) is 21.1 Å². The maximum Gasteiger partial charge on any atom is 0.255 e. The molecule has 0 unspecified atom stereocenters. The molecule has 6 nitrogen and oxygen atoms in total. The number of anilines is 2. The minimum atomic E-state index is -0.210. The predicted molar refractivity (Wildman–Crippen MR) is 127 cm³/mol. The molecule has 1 fully saturated rings. The monoisotopic (exact) mass is 445 g/mol. The van der Waals surface area contributed by atoms with Crippen LogP contribution in [0.3, 0.4) is 0 Å². The molecule has 0 aliphatic carbocycles. The molecule has 1 aliphatic rings. The van der Waals surface area contributed by atoms with Gasteiger partial charge in [0.2, 0.25) is 0 Å². The van der Waals surface area contributed by atoms with Crippen molar-refractivity contribution < 1.29 is 14.3 Å². The third-order valence-electron chi connectivity index (χ3n) is 5.33. The van der Waals surface area contributed by atoms with Crippen molar-refractivity contribution in [3.8, 4) is 11.5 Å². The SMILES string of the molecule is CCCOc1ccc(C(=O)Nc2cc(Cl)ccc2N2CCN(CC)CC2)cc1OCC. The first-order chi connectivity index (χ1) is 15.0. The second-order valence-electron chi connectivity index (χ2n) is 7.48. The Balaban J connectivity index is 1.80. The quantitative estimate of drug-likeness (QED) is 0.593. The summed E-state index contributed by atoms with van der Waals surface area (Å²) in [6.07, 6.45) is 0.901. The Bertz CT molecular complexity index is 882. The fourth-order valence-electron chi connectivity index (χ4n) is 3.63. The maximum atomic E-state index is 13.1. The van der Waals surface area contributed by atoms with Crippen molar-refractivity contribution in [1.82, 2.24) is 4.90 Å². The summed E-state index contributed by atoms with van der Waals surface area (Å²) >= 11 is 6.25. The molecular formula is C24H32ClN3O3. The highest BCUT2D eigenvalue weighted by Gasteiger charge is 2.20. The zero-order valence-corrected chi connectivity index (χ0v) is 19.4. The number of benzene rings is 2. The lowest BCUT2D eigenvalue weighted by Crippen LogP contribution is -2.46. The minimum Gasteiger partial charge on any atom is -0.490 e. The van der Waals surface area contributed by atoms with Gasteiger partial charge in [0.1, 0.15) is 0 Å². The van der Waals surface area contributed by atoms with Crippen LogP contribution >= 0.6 is 11.6 Å². The summed E-state index contributed by atoms with van der Waals surface area (Å²) in [7, 11) is 0. The summed E-state index contributed by atoms with van der Waals surface area (Å²) in [5.41, 5.74) is 2.21. The molecular weight excluding hydrogens is 414 g/mol. The van der Waals surface area contributed by atoms with Crippen molar-refractivity contribution in [3.05, 3.63) is 47.0 Å². The Kier molecular flexibility index (Phi) is 8.43. The van der Waals surface area contributed by atoms with Gasteiger partial charge in [-0.05, 0) is 56.3 Å².